The van der Waals surface area contributed by atoms with Crippen molar-refractivity contribution in [3.63, 3.8) is 0 Å². The first-order chi connectivity index (χ1) is 4.24. The molecule has 0 radical (unpaired) electrons. The summed E-state index contributed by atoms with van der Waals surface area (Å²) in [5, 5.41) is 0. The number of esters is 1. The lowest BCUT2D eigenvalue weighted by Gasteiger charge is -2.01. The molecule has 0 aliphatic carbocycles. The van der Waals surface area contributed by atoms with Gasteiger partial charge in [0.1, 0.15) is 12.1 Å². The molecular weight excluding hydrogens is 118 g/mol. The highest BCUT2D eigenvalue weighted by Gasteiger charge is 2.29. The van der Waals surface area contributed by atoms with Gasteiger partial charge < -0.3 is 10.5 Å². The molecule has 1 fully saturated rings. The van der Waals surface area contributed by atoms with E-state index in [2.05, 4.69) is 0 Å². The molecule has 0 aromatic carbocycles. The second-order valence-corrected chi connectivity index (χ2v) is 2.31. The van der Waals surface area contributed by atoms with Crippen LogP contribution in [-0.4, -0.2) is 18.1 Å². The van der Waals surface area contributed by atoms with E-state index in [-0.39, 0.29) is 18.1 Å². The number of carbonyl (C=O) groups is 1. The molecule has 0 spiro atoms. The maximum Gasteiger partial charge on any atom is 0.323 e. The summed E-state index contributed by atoms with van der Waals surface area (Å²) in [6.45, 7) is 1.98. The second-order valence-electron chi connectivity index (χ2n) is 2.31. The van der Waals surface area contributed by atoms with Gasteiger partial charge >= 0.3 is 5.97 Å². The quantitative estimate of drug-likeness (QED) is 0.508. The van der Waals surface area contributed by atoms with E-state index in [1.54, 1.807) is 0 Å². The molecule has 0 bridgehead atoms. The van der Waals surface area contributed by atoms with Gasteiger partial charge in [0, 0.05) is 6.42 Å². The maximum absolute atomic E-state index is 10.6. The fourth-order valence-electron chi connectivity index (χ4n) is 0.929. The molecule has 0 aromatic heterocycles. The number of cyclic esters (lactones) is 1. The van der Waals surface area contributed by atoms with E-state index in [1.165, 1.54) is 0 Å². The number of nitrogens with two attached hydrogens (primary N) is 1. The van der Waals surface area contributed by atoms with Gasteiger partial charge in [0.15, 0.2) is 0 Å². The summed E-state index contributed by atoms with van der Waals surface area (Å²) in [4.78, 5) is 10.6. The summed E-state index contributed by atoms with van der Waals surface area (Å²) < 4.78 is 4.86. The van der Waals surface area contributed by atoms with Crippen LogP contribution in [0.3, 0.4) is 0 Å². The summed E-state index contributed by atoms with van der Waals surface area (Å²) in [5.41, 5.74) is 5.37. The van der Waals surface area contributed by atoms with Gasteiger partial charge in [0.2, 0.25) is 0 Å². The largest absolute Gasteiger partial charge is 0.461 e. The molecule has 0 saturated carbocycles. The van der Waals surface area contributed by atoms with Crippen molar-refractivity contribution in [2.24, 2.45) is 5.73 Å². The molecular formula is C6H11NO2. The van der Waals surface area contributed by atoms with Crippen LogP contribution in [-0.2, 0) is 9.53 Å². The first-order valence-electron chi connectivity index (χ1n) is 3.20. The highest BCUT2D eigenvalue weighted by Crippen LogP contribution is 2.14. The van der Waals surface area contributed by atoms with Crippen LogP contribution in [0, 0.1) is 0 Å². The minimum Gasteiger partial charge on any atom is -0.461 e. The molecule has 2 atom stereocenters. The van der Waals surface area contributed by atoms with Crippen molar-refractivity contribution >= 4 is 5.97 Å². The minimum atomic E-state index is -0.366. The zero-order valence-corrected chi connectivity index (χ0v) is 5.46. The number of rotatable bonds is 1. The standard InChI is InChI=1S/C6H11NO2/c1-2-4-3-5(7)6(8)9-4/h4-5H,2-3,7H2,1H3/t4?,5-/m0/s1. The predicted molar refractivity (Wildman–Crippen MR) is 32.8 cm³/mol. The molecule has 1 heterocycles. The van der Waals surface area contributed by atoms with Crippen LogP contribution < -0.4 is 5.73 Å². The third kappa shape index (κ3) is 1.21. The van der Waals surface area contributed by atoms with Gasteiger partial charge in [-0.15, -0.1) is 0 Å². The molecule has 3 heteroatoms. The highest BCUT2D eigenvalue weighted by molar-refractivity contribution is 5.77. The molecule has 1 unspecified atom stereocenters. The Hall–Kier alpha value is -0.570. The predicted octanol–water partition coefficient (Wildman–Crippen LogP) is 0.0392. The average molecular weight is 129 g/mol. The number of hydrogen-bond acceptors (Lipinski definition) is 3. The zero-order chi connectivity index (χ0) is 6.85. The van der Waals surface area contributed by atoms with Crippen LogP contribution in [0.15, 0.2) is 0 Å². The smallest absolute Gasteiger partial charge is 0.323 e. The third-order valence-electron chi connectivity index (χ3n) is 1.56. The van der Waals surface area contributed by atoms with Gasteiger partial charge in [0.05, 0.1) is 0 Å². The van der Waals surface area contributed by atoms with E-state index in [1.807, 2.05) is 6.92 Å². The van der Waals surface area contributed by atoms with Crippen molar-refractivity contribution in [1.82, 2.24) is 0 Å². The van der Waals surface area contributed by atoms with E-state index >= 15 is 0 Å². The van der Waals surface area contributed by atoms with Gasteiger partial charge in [-0.3, -0.25) is 4.79 Å². The molecule has 1 aliphatic heterocycles. The Kier molecular flexibility index (Phi) is 1.71. The Morgan fingerprint density at radius 3 is 2.78 bits per heavy atom. The van der Waals surface area contributed by atoms with E-state index in [0.29, 0.717) is 6.42 Å². The fourth-order valence-corrected chi connectivity index (χ4v) is 0.929. The third-order valence-corrected chi connectivity index (χ3v) is 1.56. The lowest BCUT2D eigenvalue weighted by Crippen LogP contribution is -2.24. The van der Waals surface area contributed by atoms with Crippen molar-refractivity contribution < 1.29 is 9.53 Å². The van der Waals surface area contributed by atoms with E-state index in [0.717, 1.165) is 6.42 Å². The lowest BCUT2D eigenvalue weighted by molar-refractivity contribution is -0.142. The number of hydrogen-bond donors (Lipinski definition) is 1. The average Bonchev–Trinajstić information content (AvgIpc) is 2.13. The second kappa shape index (κ2) is 2.35. The Bertz CT molecular complexity index is 124. The van der Waals surface area contributed by atoms with Gasteiger partial charge in [-0.2, -0.15) is 0 Å². The van der Waals surface area contributed by atoms with Gasteiger partial charge in [-0.25, -0.2) is 0 Å². The zero-order valence-electron chi connectivity index (χ0n) is 5.46. The summed E-state index contributed by atoms with van der Waals surface area (Å²) in [5.74, 6) is -0.248. The molecule has 3 nitrogen and oxygen atoms in total. The summed E-state index contributed by atoms with van der Waals surface area (Å²) in [7, 11) is 0. The Morgan fingerprint density at radius 1 is 1.89 bits per heavy atom. The van der Waals surface area contributed by atoms with Gasteiger partial charge in [-0.1, -0.05) is 6.92 Å². The van der Waals surface area contributed by atoms with Crippen LogP contribution in [0.5, 0.6) is 0 Å². The first-order valence-corrected chi connectivity index (χ1v) is 3.20. The molecule has 52 valence electrons. The lowest BCUT2D eigenvalue weighted by atomic mass is 10.1. The topological polar surface area (TPSA) is 52.3 Å². The SMILES string of the molecule is CCC1C[C@H](N)C(=O)O1. The van der Waals surface area contributed by atoms with Crippen molar-refractivity contribution in [1.29, 1.82) is 0 Å². The highest BCUT2D eigenvalue weighted by atomic mass is 16.6. The van der Waals surface area contributed by atoms with Crippen LogP contribution in [0.25, 0.3) is 0 Å². The summed E-state index contributed by atoms with van der Waals surface area (Å²) in [6.07, 6.45) is 1.64. The summed E-state index contributed by atoms with van der Waals surface area (Å²) in [6, 6.07) is -0.366. The van der Waals surface area contributed by atoms with E-state index in [9.17, 15) is 4.79 Å². The minimum absolute atomic E-state index is 0.0764. The van der Waals surface area contributed by atoms with Crippen LogP contribution >= 0.6 is 0 Å². The van der Waals surface area contributed by atoms with Gasteiger partial charge in [0.25, 0.3) is 0 Å². The molecule has 1 saturated heterocycles. The molecule has 1 rings (SSSR count). The van der Waals surface area contributed by atoms with Crippen molar-refractivity contribution in [3.8, 4) is 0 Å². The summed E-state index contributed by atoms with van der Waals surface area (Å²) >= 11 is 0. The molecule has 1 aliphatic rings. The molecule has 0 amide bonds. The normalized spacial score (nSPS) is 34.7. The molecule has 2 N–H and O–H groups in total. The molecule has 0 aromatic rings. The number of carbonyl (C=O) groups excluding carboxylic acids is 1. The molecule has 9 heavy (non-hydrogen) atoms. The Balaban J connectivity index is 2.44. The fraction of sp³-hybridized carbons (Fsp3) is 0.833. The first kappa shape index (κ1) is 6.55. The Labute approximate surface area is 54.2 Å². The number of ether oxygens (including phenoxy) is 1. The van der Waals surface area contributed by atoms with Gasteiger partial charge in [-0.05, 0) is 6.42 Å². The Morgan fingerprint density at radius 2 is 2.56 bits per heavy atom. The van der Waals surface area contributed by atoms with E-state index < -0.39 is 0 Å². The van der Waals surface area contributed by atoms with Crippen molar-refractivity contribution in [2.45, 2.75) is 31.9 Å². The van der Waals surface area contributed by atoms with Crippen LogP contribution in [0.1, 0.15) is 19.8 Å². The maximum atomic E-state index is 10.6. The monoisotopic (exact) mass is 129 g/mol. The van der Waals surface area contributed by atoms with Crippen molar-refractivity contribution in [2.75, 3.05) is 0 Å². The van der Waals surface area contributed by atoms with Crippen LogP contribution in [0.2, 0.25) is 0 Å². The van der Waals surface area contributed by atoms with Crippen molar-refractivity contribution in [3.05, 3.63) is 0 Å². The van der Waals surface area contributed by atoms with Crippen LogP contribution in [0.4, 0.5) is 0 Å². The van der Waals surface area contributed by atoms with E-state index in [4.69, 9.17) is 10.5 Å².